The van der Waals surface area contributed by atoms with Crippen LogP contribution in [0, 0.1) is 0 Å². The van der Waals surface area contributed by atoms with Crippen molar-refractivity contribution in [1.29, 1.82) is 0 Å². The molecule has 3 heterocycles. The number of aromatic nitrogens is 4. The van der Waals surface area contributed by atoms with Gasteiger partial charge in [0.25, 0.3) is 0 Å². The third-order valence-electron chi connectivity index (χ3n) is 10.6. The van der Waals surface area contributed by atoms with E-state index in [1.54, 1.807) is 0 Å². The van der Waals surface area contributed by atoms with Gasteiger partial charge in [-0.25, -0.2) is 14.5 Å². The van der Waals surface area contributed by atoms with Crippen LogP contribution in [-0.2, 0) is 0 Å². The second-order valence-electron chi connectivity index (χ2n) is 13.7. The second kappa shape index (κ2) is 11.7. The molecule has 4 nitrogen and oxygen atoms in total. The van der Waals surface area contributed by atoms with Gasteiger partial charge in [-0.05, 0) is 63.0 Å². The van der Waals surface area contributed by atoms with Gasteiger partial charge in [-0.1, -0.05) is 152 Å². The molecule has 0 amide bonds. The number of hydrogen-bond acceptors (Lipinski definition) is 3. The van der Waals surface area contributed by atoms with E-state index in [4.69, 9.17) is 15.1 Å². The Morgan fingerprint density at radius 2 is 1.00 bits per heavy atom. The summed E-state index contributed by atoms with van der Waals surface area (Å²) >= 11 is 0. The lowest BCUT2D eigenvalue weighted by molar-refractivity contribution is 0.949. The molecule has 0 spiro atoms. The number of pyridine rings is 1. The Hall–Kier alpha value is -7.17. The molecular formula is C49H30N4. The van der Waals surface area contributed by atoms with Crippen LogP contribution in [0.25, 0.3) is 105 Å². The van der Waals surface area contributed by atoms with Crippen molar-refractivity contribution in [3.63, 3.8) is 0 Å². The van der Waals surface area contributed by atoms with Crippen LogP contribution in [0.15, 0.2) is 182 Å². The van der Waals surface area contributed by atoms with Gasteiger partial charge in [0, 0.05) is 38.2 Å². The molecule has 0 saturated heterocycles. The first-order valence-electron chi connectivity index (χ1n) is 17.9. The van der Waals surface area contributed by atoms with E-state index in [0.717, 1.165) is 72.2 Å². The SMILES string of the molecule is c1ccc(-c2cc3c4ccccc4nc(-c4ccc(-c5cc6c(-c7ccc8ccccc8c7)nc7ccccc7c6c6ccccc56)cc4)n3n2)cc1. The van der Waals surface area contributed by atoms with E-state index in [0.29, 0.717) is 0 Å². The quantitative estimate of drug-likeness (QED) is 0.175. The van der Waals surface area contributed by atoms with Crippen molar-refractivity contribution in [2.24, 2.45) is 0 Å². The normalized spacial score (nSPS) is 11.8. The first-order valence-corrected chi connectivity index (χ1v) is 17.9. The zero-order chi connectivity index (χ0) is 34.9. The predicted octanol–water partition coefficient (Wildman–Crippen LogP) is 12.6. The van der Waals surface area contributed by atoms with Crippen LogP contribution in [0.3, 0.4) is 0 Å². The highest BCUT2D eigenvalue weighted by atomic mass is 15.3. The highest BCUT2D eigenvalue weighted by Crippen LogP contribution is 2.42. The molecule has 0 radical (unpaired) electrons. The lowest BCUT2D eigenvalue weighted by Crippen LogP contribution is -1.99. The Morgan fingerprint density at radius 3 is 1.81 bits per heavy atom. The summed E-state index contributed by atoms with van der Waals surface area (Å²) in [6.45, 7) is 0. The summed E-state index contributed by atoms with van der Waals surface area (Å²) in [6.07, 6.45) is 0. The molecule has 3 aromatic heterocycles. The van der Waals surface area contributed by atoms with Crippen LogP contribution < -0.4 is 0 Å². The number of fused-ring (bicyclic) bond motifs is 9. The fourth-order valence-electron chi connectivity index (χ4n) is 8.03. The molecule has 53 heavy (non-hydrogen) atoms. The number of rotatable bonds is 4. The van der Waals surface area contributed by atoms with Gasteiger partial charge in [0.05, 0.1) is 27.9 Å². The van der Waals surface area contributed by atoms with Crippen LogP contribution >= 0.6 is 0 Å². The van der Waals surface area contributed by atoms with Gasteiger partial charge < -0.3 is 0 Å². The van der Waals surface area contributed by atoms with Gasteiger partial charge in [-0.3, -0.25) is 0 Å². The molecule has 0 atom stereocenters. The lowest BCUT2D eigenvalue weighted by Gasteiger charge is -2.16. The Bertz CT molecular complexity index is 3220. The zero-order valence-electron chi connectivity index (χ0n) is 28.6. The summed E-state index contributed by atoms with van der Waals surface area (Å²) in [6, 6.07) is 64.4. The third kappa shape index (κ3) is 4.73. The van der Waals surface area contributed by atoms with Crippen LogP contribution in [0.4, 0.5) is 0 Å². The van der Waals surface area contributed by atoms with Gasteiger partial charge in [0.15, 0.2) is 5.82 Å². The maximum atomic E-state index is 5.34. The largest absolute Gasteiger partial charge is 0.247 e. The van der Waals surface area contributed by atoms with E-state index >= 15 is 0 Å². The molecule has 11 aromatic rings. The van der Waals surface area contributed by atoms with Gasteiger partial charge in [-0.15, -0.1) is 0 Å². The summed E-state index contributed by atoms with van der Waals surface area (Å²) in [5.41, 5.74) is 10.4. The Morgan fingerprint density at radius 1 is 0.377 bits per heavy atom. The molecular weight excluding hydrogens is 645 g/mol. The lowest BCUT2D eigenvalue weighted by atomic mass is 9.89. The van der Waals surface area contributed by atoms with E-state index in [2.05, 4.69) is 170 Å². The van der Waals surface area contributed by atoms with Crippen LogP contribution in [-0.4, -0.2) is 19.6 Å². The minimum absolute atomic E-state index is 0.810. The summed E-state index contributed by atoms with van der Waals surface area (Å²) < 4.78 is 2.00. The van der Waals surface area contributed by atoms with Gasteiger partial charge in [0.2, 0.25) is 0 Å². The van der Waals surface area contributed by atoms with Crippen molar-refractivity contribution in [3.8, 4) is 45.0 Å². The number of para-hydroxylation sites is 2. The molecule has 246 valence electrons. The Kier molecular flexibility index (Phi) is 6.52. The van der Waals surface area contributed by atoms with Crippen LogP contribution in [0.5, 0.6) is 0 Å². The van der Waals surface area contributed by atoms with Crippen molar-refractivity contribution in [1.82, 2.24) is 19.6 Å². The molecule has 0 aliphatic heterocycles. The monoisotopic (exact) mass is 674 g/mol. The smallest absolute Gasteiger partial charge is 0.161 e. The second-order valence-corrected chi connectivity index (χ2v) is 13.7. The Labute approximate surface area is 305 Å². The van der Waals surface area contributed by atoms with Gasteiger partial charge in [-0.2, -0.15) is 5.10 Å². The van der Waals surface area contributed by atoms with Gasteiger partial charge >= 0.3 is 0 Å². The topological polar surface area (TPSA) is 43.1 Å². The fraction of sp³-hybridized carbons (Fsp3) is 0. The molecule has 4 heteroatoms. The third-order valence-corrected chi connectivity index (χ3v) is 10.6. The van der Waals surface area contributed by atoms with E-state index in [-0.39, 0.29) is 0 Å². The first-order chi connectivity index (χ1) is 26.3. The molecule has 8 aromatic carbocycles. The predicted molar refractivity (Wildman–Crippen MR) is 220 cm³/mol. The zero-order valence-corrected chi connectivity index (χ0v) is 28.6. The standard InChI is InChI=1S/C49H30N4/c1-2-13-33(14-3-1)45-30-46-39-18-8-10-20-43(39)51-49(53(46)52-45)34-25-23-32(24-26-34)41-29-42-47(38-17-7-6-16-37(38)41)40-19-9-11-21-44(40)50-48(42)36-27-22-31-12-4-5-15-35(31)28-36/h1-30H. The number of benzene rings is 8. The number of nitrogens with zero attached hydrogens (tertiary/aromatic N) is 4. The molecule has 0 N–H and O–H groups in total. The number of hydrogen-bond donors (Lipinski definition) is 0. The summed E-state index contributed by atoms with van der Waals surface area (Å²) in [4.78, 5) is 10.5. The average molecular weight is 675 g/mol. The summed E-state index contributed by atoms with van der Waals surface area (Å²) in [5, 5.41) is 14.5. The van der Waals surface area contributed by atoms with E-state index < -0.39 is 0 Å². The molecule has 0 aliphatic carbocycles. The molecule has 0 unspecified atom stereocenters. The summed E-state index contributed by atoms with van der Waals surface area (Å²) in [5.74, 6) is 0.810. The maximum Gasteiger partial charge on any atom is 0.161 e. The molecule has 0 saturated carbocycles. The molecule has 0 bridgehead atoms. The fourth-order valence-corrected chi connectivity index (χ4v) is 8.03. The molecule has 0 fully saturated rings. The van der Waals surface area contributed by atoms with Crippen molar-refractivity contribution in [3.05, 3.63) is 182 Å². The van der Waals surface area contributed by atoms with Crippen LogP contribution in [0.1, 0.15) is 0 Å². The van der Waals surface area contributed by atoms with Crippen LogP contribution in [0.2, 0.25) is 0 Å². The van der Waals surface area contributed by atoms with Crippen molar-refractivity contribution in [2.45, 2.75) is 0 Å². The molecule has 11 rings (SSSR count). The van der Waals surface area contributed by atoms with Crippen molar-refractivity contribution in [2.75, 3.05) is 0 Å². The maximum absolute atomic E-state index is 5.34. The minimum Gasteiger partial charge on any atom is -0.247 e. The highest BCUT2D eigenvalue weighted by molar-refractivity contribution is 6.25. The summed E-state index contributed by atoms with van der Waals surface area (Å²) in [7, 11) is 0. The first kappa shape index (κ1) is 29.5. The van der Waals surface area contributed by atoms with E-state index in [1.807, 2.05) is 16.6 Å². The average Bonchev–Trinajstić information content (AvgIpc) is 3.69. The van der Waals surface area contributed by atoms with E-state index in [9.17, 15) is 0 Å². The Balaban J connectivity index is 1.12. The highest BCUT2D eigenvalue weighted by Gasteiger charge is 2.18. The molecule has 0 aliphatic rings. The van der Waals surface area contributed by atoms with Crippen molar-refractivity contribution < 1.29 is 0 Å². The minimum atomic E-state index is 0.810. The van der Waals surface area contributed by atoms with E-state index in [1.165, 1.54) is 32.5 Å². The van der Waals surface area contributed by atoms with Gasteiger partial charge in [0.1, 0.15) is 0 Å². The van der Waals surface area contributed by atoms with Crippen molar-refractivity contribution >= 4 is 59.6 Å².